The highest BCUT2D eigenvalue weighted by atomic mass is 16.3. The Morgan fingerprint density at radius 2 is 2.25 bits per heavy atom. The molecule has 0 spiro atoms. The second-order valence-electron chi connectivity index (χ2n) is 4.98. The van der Waals surface area contributed by atoms with Crippen molar-refractivity contribution >= 4 is 5.91 Å². The minimum Gasteiger partial charge on any atom is -0.394 e. The molecule has 2 fully saturated rings. The first-order valence-corrected chi connectivity index (χ1v) is 6.39. The van der Waals surface area contributed by atoms with Gasteiger partial charge in [-0.2, -0.15) is 0 Å². The number of hydrogen-bond donors (Lipinski definition) is 2. The van der Waals surface area contributed by atoms with Gasteiger partial charge >= 0.3 is 0 Å². The lowest BCUT2D eigenvalue weighted by molar-refractivity contribution is -0.150. The molecule has 1 saturated carbocycles. The molecule has 0 bridgehead atoms. The average Bonchev–Trinajstić information content (AvgIpc) is 2.23. The zero-order valence-corrected chi connectivity index (χ0v) is 10.0. The summed E-state index contributed by atoms with van der Waals surface area (Å²) in [4.78, 5) is 14.2. The predicted octanol–water partition coefficient (Wildman–Crippen LogP) is 0.502. The molecule has 4 nitrogen and oxygen atoms in total. The van der Waals surface area contributed by atoms with Crippen LogP contribution < -0.4 is 5.32 Å². The van der Waals surface area contributed by atoms with Gasteiger partial charge in [-0.1, -0.05) is 6.92 Å². The molecule has 4 heteroatoms. The van der Waals surface area contributed by atoms with E-state index in [1.807, 2.05) is 11.8 Å². The first-order valence-electron chi connectivity index (χ1n) is 6.39. The summed E-state index contributed by atoms with van der Waals surface area (Å²) >= 11 is 0. The van der Waals surface area contributed by atoms with Crippen LogP contribution in [0.3, 0.4) is 0 Å². The van der Waals surface area contributed by atoms with E-state index < -0.39 is 0 Å². The van der Waals surface area contributed by atoms with Crippen molar-refractivity contribution in [1.29, 1.82) is 0 Å². The first kappa shape index (κ1) is 11.9. The minimum atomic E-state index is -0.217. The molecule has 0 radical (unpaired) electrons. The van der Waals surface area contributed by atoms with Crippen LogP contribution in [0.4, 0.5) is 0 Å². The van der Waals surface area contributed by atoms with Crippen molar-refractivity contribution in [2.24, 2.45) is 0 Å². The normalized spacial score (nSPS) is 29.0. The van der Waals surface area contributed by atoms with Crippen molar-refractivity contribution in [3.63, 3.8) is 0 Å². The Morgan fingerprint density at radius 1 is 1.50 bits per heavy atom. The number of aliphatic hydroxyl groups is 1. The Hall–Kier alpha value is -0.610. The van der Waals surface area contributed by atoms with E-state index in [0.29, 0.717) is 0 Å². The number of nitrogens with one attached hydrogen (secondary N) is 1. The second kappa shape index (κ2) is 4.72. The molecular weight excluding hydrogens is 204 g/mol. The quantitative estimate of drug-likeness (QED) is 0.734. The Labute approximate surface area is 97.0 Å². The highest BCUT2D eigenvalue weighted by Gasteiger charge is 2.46. The lowest BCUT2D eigenvalue weighted by Crippen LogP contribution is -2.64. The Bertz CT molecular complexity index is 256. The molecule has 0 aromatic rings. The van der Waals surface area contributed by atoms with Gasteiger partial charge in [-0.05, 0) is 38.6 Å². The van der Waals surface area contributed by atoms with Crippen LogP contribution in [0.15, 0.2) is 0 Å². The number of carbonyl (C=O) groups is 1. The largest absolute Gasteiger partial charge is 0.394 e. The molecule has 16 heavy (non-hydrogen) atoms. The summed E-state index contributed by atoms with van der Waals surface area (Å²) in [7, 11) is 0. The van der Waals surface area contributed by atoms with E-state index in [1.54, 1.807) is 0 Å². The third-order valence-corrected chi connectivity index (χ3v) is 4.04. The zero-order valence-electron chi connectivity index (χ0n) is 10.0. The van der Waals surface area contributed by atoms with Crippen LogP contribution in [0.25, 0.3) is 0 Å². The molecule has 0 aromatic carbocycles. The first-order chi connectivity index (χ1) is 7.73. The molecule has 1 saturated heterocycles. The fourth-order valence-corrected chi connectivity index (χ4v) is 2.88. The fourth-order valence-electron chi connectivity index (χ4n) is 2.88. The van der Waals surface area contributed by atoms with Gasteiger partial charge in [0.25, 0.3) is 0 Å². The third kappa shape index (κ3) is 1.84. The van der Waals surface area contributed by atoms with Crippen molar-refractivity contribution in [2.75, 3.05) is 19.7 Å². The van der Waals surface area contributed by atoms with Crippen molar-refractivity contribution in [3.05, 3.63) is 0 Å². The van der Waals surface area contributed by atoms with Crippen molar-refractivity contribution in [1.82, 2.24) is 10.2 Å². The molecule has 1 aliphatic carbocycles. The predicted molar refractivity (Wildman–Crippen MR) is 62.1 cm³/mol. The molecule has 1 aliphatic heterocycles. The Morgan fingerprint density at radius 3 is 2.75 bits per heavy atom. The van der Waals surface area contributed by atoms with Crippen molar-refractivity contribution in [3.8, 4) is 0 Å². The van der Waals surface area contributed by atoms with Crippen molar-refractivity contribution in [2.45, 2.75) is 50.6 Å². The Kier molecular flexibility index (Phi) is 3.50. The van der Waals surface area contributed by atoms with E-state index in [9.17, 15) is 9.90 Å². The standard InChI is InChI=1S/C12H22N2O2/c1-2-13-10-5-3-8-14(11(10)16)12(9-15)6-4-7-12/h10,13,15H,2-9H2,1H3. The summed E-state index contributed by atoms with van der Waals surface area (Å²) in [5, 5.41) is 12.7. The van der Waals surface area contributed by atoms with Gasteiger partial charge in [-0.15, -0.1) is 0 Å². The molecule has 92 valence electrons. The van der Waals surface area contributed by atoms with Gasteiger partial charge < -0.3 is 15.3 Å². The van der Waals surface area contributed by atoms with Gasteiger partial charge in [-0.25, -0.2) is 0 Å². The molecule has 0 aromatic heterocycles. The van der Waals surface area contributed by atoms with Gasteiger partial charge in [0.1, 0.15) is 0 Å². The minimum absolute atomic E-state index is 0.0252. The van der Waals surface area contributed by atoms with Crippen LogP contribution >= 0.6 is 0 Å². The van der Waals surface area contributed by atoms with E-state index in [4.69, 9.17) is 0 Å². The topological polar surface area (TPSA) is 52.6 Å². The molecule has 2 N–H and O–H groups in total. The molecule has 2 rings (SSSR count). The zero-order chi connectivity index (χ0) is 11.6. The third-order valence-electron chi connectivity index (χ3n) is 4.04. The summed E-state index contributed by atoms with van der Waals surface area (Å²) in [6.07, 6.45) is 5.05. The monoisotopic (exact) mass is 226 g/mol. The maximum absolute atomic E-state index is 12.3. The molecule has 1 heterocycles. The van der Waals surface area contributed by atoms with E-state index in [-0.39, 0.29) is 24.1 Å². The summed E-state index contributed by atoms with van der Waals surface area (Å²) in [6.45, 7) is 3.80. The molecule has 2 aliphatic rings. The Balaban J connectivity index is 2.06. The highest BCUT2D eigenvalue weighted by Crippen LogP contribution is 2.39. The van der Waals surface area contributed by atoms with Gasteiger partial charge in [0.2, 0.25) is 5.91 Å². The summed E-state index contributed by atoms with van der Waals surface area (Å²) in [5.41, 5.74) is -0.217. The van der Waals surface area contributed by atoms with Gasteiger partial charge in [-0.3, -0.25) is 4.79 Å². The summed E-state index contributed by atoms with van der Waals surface area (Å²) in [6, 6.07) is -0.0252. The number of hydrogen-bond acceptors (Lipinski definition) is 3. The number of nitrogens with zero attached hydrogens (tertiary/aromatic N) is 1. The lowest BCUT2D eigenvalue weighted by Gasteiger charge is -2.51. The van der Waals surface area contributed by atoms with E-state index in [2.05, 4.69) is 5.32 Å². The fraction of sp³-hybridized carbons (Fsp3) is 0.917. The van der Waals surface area contributed by atoms with E-state index in [0.717, 1.165) is 45.2 Å². The maximum Gasteiger partial charge on any atom is 0.240 e. The van der Waals surface area contributed by atoms with E-state index >= 15 is 0 Å². The number of likely N-dealkylation sites (tertiary alicyclic amines) is 1. The molecule has 1 amide bonds. The van der Waals surface area contributed by atoms with Gasteiger partial charge in [0.15, 0.2) is 0 Å². The van der Waals surface area contributed by atoms with Crippen molar-refractivity contribution < 1.29 is 9.90 Å². The van der Waals surface area contributed by atoms with Crippen LogP contribution in [0.5, 0.6) is 0 Å². The summed E-state index contributed by atoms with van der Waals surface area (Å²) < 4.78 is 0. The van der Waals surface area contributed by atoms with Crippen LogP contribution in [-0.2, 0) is 4.79 Å². The molecule has 1 atom stereocenters. The van der Waals surface area contributed by atoms with Crippen LogP contribution in [0.1, 0.15) is 39.0 Å². The number of piperidine rings is 1. The maximum atomic E-state index is 12.3. The van der Waals surface area contributed by atoms with E-state index in [1.165, 1.54) is 0 Å². The molecular formula is C12H22N2O2. The summed E-state index contributed by atoms with van der Waals surface area (Å²) in [5.74, 6) is 0.196. The number of rotatable bonds is 4. The molecule has 1 unspecified atom stereocenters. The number of likely N-dealkylation sites (N-methyl/N-ethyl adjacent to an activating group) is 1. The lowest BCUT2D eigenvalue weighted by atomic mass is 9.74. The SMILES string of the molecule is CCNC1CCCN(C2(CO)CCC2)C1=O. The highest BCUT2D eigenvalue weighted by molar-refractivity contribution is 5.83. The van der Waals surface area contributed by atoms with Crippen LogP contribution in [0.2, 0.25) is 0 Å². The number of aliphatic hydroxyl groups excluding tert-OH is 1. The van der Waals surface area contributed by atoms with Crippen LogP contribution in [0, 0.1) is 0 Å². The number of amides is 1. The van der Waals surface area contributed by atoms with Gasteiger partial charge in [0.05, 0.1) is 18.2 Å². The van der Waals surface area contributed by atoms with Gasteiger partial charge in [0, 0.05) is 6.54 Å². The number of carbonyl (C=O) groups excluding carboxylic acids is 1. The smallest absolute Gasteiger partial charge is 0.240 e. The second-order valence-corrected chi connectivity index (χ2v) is 4.98. The average molecular weight is 226 g/mol. The van der Waals surface area contributed by atoms with Crippen LogP contribution in [-0.4, -0.2) is 47.2 Å².